The Morgan fingerprint density at radius 1 is 0.913 bits per heavy atom. The van der Waals surface area contributed by atoms with Gasteiger partial charge >= 0.3 is 0 Å². The first-order chi connectivity index (χ1) is 11.0. The van der Waals surface area contributed by atoms with E-state index in [1.807, 2.05) is 31.2 Å². The summed E-state index contributed by atoms with van der Waals surface area (Å²) >= 11 is 11.9. The normalized spacial score (nSPS) is 10.2. The fourth-order valence-electron chi connectivity index (χ4n) is 2.09. The van der Waals surface area contributed by atoms with E-state index in [0.29, 0.717) is 16.4 Å². The maximum absolute atomic E-state index is 12.0. The van der Waals surface area contributed by atoms with E-state index in [4.69, 9.17) is 23.2 Å². The number of halogens is 2. The molecule has 0 radical (unpaired) electrons. The Kier molecular flexibility index (Phi) is 6.02. The molecule has 0 aliphatic carbocycles. The van der Waals surface area contributed by atoms with Crippen molar-refractivity contribution in [1.29, 1.82) is 0 Å². The van der Waals surface area contributed by atoms with Gasteiger partial charge in [0.1, 0.15) is 6.42 Å². The Bertz CT molecular complexity index is 732. The van der Waals surface area contributed by atoms with E-state index in [1.54, 1.807) is 18.2 Å². The van der Waals surface area contributed by atoms with Gasteiger partial charge in [0.25, 0.3) is 0 Å². The van der Waals surface area contributed by atoms with Crippen LogP contribution >= 0.6 is 23.2 Å². The molecule has 2 amide bonds. The molecule has 0 fully saturated rings. The highest BCUT2D eigenvalue weighted by molar-refractivity contribution is 6.44. The van der Waals surface area contributed by atoms with Crippen LogP contribution in [0.25, 0.3) is 0 Å². The summed E-state index contributed by atoms with van der Waals surface area (Å²) in [5.74, 6) is -0.845. The van der Waals surface area contributed by atoms with Crippen molar-refractivity contribution in [1.82, 2.24) is 0 Å². The summed E-state index contributed by atoms with van der Waals surface area (Å²) in [5, 5.41) is 5.91. The molecule has 23 heavy (non-hydrogen) atoms. The molecule has 0 bridgehead atoms. The van der Waals surface area contributed by atoms with Gasteiger partial charge in [-0.15, -0.1) is 0 Å². The Morgan fingerprint density at radius 2 is 1.52 bits per heavy atom. The van der Waals surface area contributed by atoms with E-state index in [9.17, 15) is 9.59 Å². The van der Waals surface area contributed by atoms with Crippen molar-refractivity contribution < 1.29 is 9.59 Å². The van der Waals surface area contributed by atoms with Crippen LogP contribution in [0.4, 0.5) is 11.4 Å². The summed E-state index contributed by atoms with van der Waals surface area (Å²) in [6.07, 6.45) is 0.488. The van der Waals surface area contributed by atoms with E-state index >= 15 is 0 Å². The van der Waals surface area contributed by atoms with Crippen molar-refractivity contribution >= 4 is 46.4 Å². The molecular weight excluding hydrogens is 335 g/mol. The van der Waals surface area contributed by atoms with Crippen LogP contribution in [0.2, 0.25) is 10.0 Å². The lowest BCUT2D eigenvalue weighted by atomic mass is 10.1. The van der Waals surface area contributed by atoms with E-state index in [-0.39, 0.29) is 17.4 Å². The zero-order valence-corrected chi connectivity index (χ0v) is 14.0. The largest absolute Gasteiger partial charge is 0.325 e. The predicted octanol–water partition coefficient (Wildman–Crippen LogP) is 4.52. The zero-order chi connectivity index (χ0) is 16.8. The second-order valence-electron chi connectivity index (χ2n) is 4.89. The Labute approximate surface area is 144 Å². The van der Waals surface area contributed by atoms with Gasteiger partial charge in [0.2, 0.25) is 11.8 Å². The molecule has 0 atom stereocenters. The van der Waals surface area contributed by atoms with Gasteiger partial charge in [-0.2, -0.15) is 0 Å². The van der Waals surface area contributed by atoms with Crippen molar-refractivity contribution in [3.05, 3.63) is 58.1 Å². The van der Waals surface area contributed by atoms with Gasteiger partial charge in [0, 0.05) is 5.69 Å². The number of hydrogen-bond donors (Lipinski definition) is 2. The Balaban J connectivity index is 1.97. The summed E-state index contributed by atoms with van der Waals surface area (Å²) in [4.78, 5) is 24.0. The molecule has 6 heteroatoms. The highest BCUT2D eigenvalue weighted by Crippen LogP contribution is 2.29. The molecule has 4 nitrogen and oxygen atoms in total. The maximum atomic E-state index is 12.0. The first-order valence-corrected chi connectivity index (χ1v) is 7.88. The number of hydrogen-bond acceptors (Lipinski definition) is 2. The molecule has 0 saturated heterocycles. The standard InChI is InChI=1S/C17H16Cl2N2O2/c1-2-11-6-3-4-8-13(11)20-15(22)10-16(23)21-14-9-5-7-12(18)17(14)19/h3-9H,2,10H2,1H3,(H,20,22)(H,21,23). The third-order valence-corrected chi connectivity index (χ3v) is 4.04. The van der Waals surface area contributed by atoms with Crippen LogP contribution < -0.4 is 10.6 Å². The first kappa shape index (κ1) is 17.3. The molecule has 2 aromatic carbocycles. The molecule has 0 unspecified atom stereocenters. The minimum absolute atomic E-state index is 0.249. The fraction of sp³-hybridized carbons (Fsp3) is 0.176. The molecule has 2 rings (SSSR count). The van der Waals surface area contributed by atoms with E-state index in [0.717, 1.165) is 12.0 Å². The van der Waals surface area contributed by atoms with Crippen molar-refractivity contribution in [2.24, 2.45) is 0 Å². The third kappa shape index (κ3) is 4.71. The molecule has 0 heterocycles. The number of aryl methyl sites for hydroxylation is 1. The molecule has 0 aromatic heterocycles. The number of amides is 2. The van der Waals surface area contributed by atoms with Gasteiger partial charge in [-0.05, 0) is 30.2 Å². The molecule has 0 saturated carbocycles. The van der Waals surface area contributed by atoms with Crippen LogP contribution in [-0.2, 0) is 16.0 Å². The second-order valence-corrected chi connectivity index (χ2v) is 5.67. The van der Waals surface area contributed by atoms with E-state index in [1.165, 1.54) is 0 Å². The molecule has 0 spiro atoms. The lowest BCUT2D eigenvalue weighted by Gasteiger charge is -2.10. The minimum atomic E-state index is -0.458. The number of anilines is 2. The Hall–Kier alpha value is -2.04. The highest BCUT2D eigenvalue weighted by Gasteiger charge is 2.13. The number of nitrogens with one attached hydrogen (secondary N) is 2. The molecule has 2 N–H and O–H groups in total. The quantitative estimate of drug-likeness (QED) is 0.778. The lowest BCUT2D eigenvalue weighted by Crippen LogP contribution is -2.22. The lowest BCUT2D eigenvalue weighted by molar-refractivity contribution is -0.123. The third-order valence-electron chi connectivity index (χ3n) is 3.22. The number of benzene rings is 2. The molecular formula is C17H16Cl2N2O2. The van der Waals surface area contributed by atoms with Crippen LogP contribution in [0.5, 0.6) is 0 Å². The van der Waals surface area contributed by atoms with Crippen LogP contribution in [0.15, 0.2) is 42.5 Å². The summed E-state index contributed by atoms with van der Waals surface area (Å²) in [6.45, 7) is 2.00. The molecule has 0 aliphatic rings. The van der Waals surface area contributed by atoms with Crippen molar-refractivity contribution in [2.75, 3.05) is 10.6 Å². The maximum Gasteiger partial charge on any atom is 0.233 e. The first-order valence-electron chi connectivity index (χ1n) is 7.13. The van der Waals surface area contributed by atoms with E-state index < -0.39 is 5.91 Å². The number of rotatable bonds is 5. The van der Waals surface area contributed by atoms with E-state index in [2.05, 4.69) is 10.6 Å². The zero-order valence-electron chi connectivity index (χ0n) is 12.5. The number of carbonyl (C=O) groups is 2. The minimum Gasteiger partial charge on any atom is -0.325 e. The number of para-hydroxylation sites is 1. The topological polar surface area (TPSA) is 58.2 Å². The van der Waals surface area contributed by atoms with Crippen LogP contribution in [-0.4, -0.2) is 11.8 Å². The fourth-order valence-corrected chi connectivity index (χ4v) is 2.43. The summed E-state index contributed by atoms with van der Waals surface area (Å²) in [6, 6.07) is 12.4. The van der Waals surface area contributed by atoms with Crippen LogP contribution in [0, 0.1) is 0 Å². The van der Waals surface area contributed by atoms with Gasteiger partial charge in [0.05, 0.1) is 15.7 Å². The molecule has 120 valence electrons. The van der Waals surface area contributed by atoms with Gasteiger partial charge in [-0.25, -0.2) is 0 Å². The van der Waals surface area contributed by atoms with Crippen molar-refractivity contribution in [3.8, 4) is 0 Å². The predicted molar refractivity (Wildman–Crippen MR) is 94.2 cm³/mol. The van der Waals surface area contributed by atoms with Crippen molar-refractivity contribution in [3.63, 3.8) is 0 Å². The summed E-state index contributed by atoms with van der Waals surface area (Å²) < 4.78 is 0. The van der Waals surface area contributed by atoms with Gasteiger partial charge < -0.3 is 10.6 Å². The second kappa shape index (κ2) is 7.99. The van der Waals surface area contributed by atoms with Crippen LogP contribution in [0.3, 0.4) is 0 Å². The molecule has 2 aromatic rings. The summed E-state index contributed by atoms with van der Waals surface area (Å²) in [5.41, 5.74) is 2.11. The smallest absolute Gasteiger partial charge is 0.233 e. The number of carbonyl (C=O) groups excluding carboxylic acids is 2. The SMILES string of the molecule is CCc1ccccc1NC(=O)CC(=O)Nc1cccc(Cl)c1Cl. The Morgan fingerprint density at radius 3 is 2.22 bits per heavy atom. The van der Waals surface area contributed by atoms with Crippen molar-refractivity contribution in [2.45, 2.75) is 19.8 Å². The summed E-state index contributed by atoms with van der Waals surface area (Å²) in [7, 11) is 0. The van der Waals surface area contributed by atoms with Crippen LogP contribution in [0.1, 0.15) is 18.9 Å². The monoisotopic (exact) mass is 350 g/mol. The highest BCUT2D eigenvalue weighted by atomic mass is 35.5. The average Bonchev–Trinajstić information content (AvgIpc) is 2.52. The average molecular weight is 351 g/mol. The van der Waals surface area contributed by atoms with Gasteiger partial charge in [-0.1, -0.05) is 54.4 Å². The van der Waals surface area contributed by atoms with Gasteiger partial charge in [-0.3, -0.25) is 9.59 Å². The molecule has 0 aliphatic heterocycles. The van der Waals surface area contributed by atoms with Gasteiger partial charge in [0.15, 0.2) is 0 Å².